The Hall–Kier alpha value is -0.490. The van der Waals surface area contributed by atoms with Gasteiger partial charge in [0, 0.05) is 44.7 Å². The number of nitrogens with zero attached hydrogens (tertiary/aromatic N) is 1. The van der Waals surface area contributed by atoms with Crippen LogP contribution in [0.4, 0.5) is 0 Å². The van der Waals surface area contributed by atoms with Gasteiger partial charge in [-0.3, -0.25) is 9.69 Å². The number of ether oxygens (including phenoxy) is 2. The van der Waals surface area contributed by atoms with Gasteiger partial charge in [0.25, 0.3) is 0 Å². The molecule has 3 aliphatic heterocycles. The number of aliphatic hydroxyl groups excluding tert-OH is 1. The summed E-state index contributed by atoms with van der Waals surface area (Å²) in [5.41, 5.74) is 0. The van der Waals surface area contributed by atoms with Crippen molar-refractivity contribution in [1.29, 1.82) is 0 Å². The second-order valence-electron chi connectivity index (χ2n) is 6.33. The molecule has 3 rings (SSSR count). The SMILES string of the molecule is O=C1CC2CCC(C1)N2CC(O)COC1CCOCC1. The van der Waals surface area contributed by atoms with Crippen LogP contribution in [0.1, 0.15) is 38.5 Å². The Morgan fingerprint density at radius 1 is 1.20 bits per heavy atom. The van der Waals surface area contributed by atoms with Crippen LogP contribution in [0.5, 0.6) is 0 Å². The lowest BCUT2D eigenvalue weighted by Crippen LogP contribution is -2.47. The Morgan fingerprint density at radius 2 is 1.85 bits per heavy atom. The van der Waals surface area contributed by atoms with E-state index in [1.807, 2.05) is 0 Å². The maximum Gasteiger partial charge on any atom is 0.136 e. The maximum absolute atomic E-state index is 11.6. The van der Waals surface area contributed by atoms with Gasteiger partial charge in [0.1, 0.15) is 5.78 Å². The van der Waals surface area contributed by atoms with E-state index in [2.05, 4.69) is 4.90 Å². The Kier molecular flexibility index (Phi) is 4.71. The van der Waals surface area contributed by atoms with E-state index in [4.69, 9.17) is 9.47 Å². The molecule has 1 N–H and O–H groups in total. The molecule has 20 heavy (non-hydrogen) atoms. The van der Waals surface area contributed by atoms with Gasteiger partial charge in [0.15, 0.2) is 0 Å². The molecule has 3 fully saturated rings. The molecule has 3 atom stereocenters. The molecule has 0 aliphatic carbocycles. The number of hydrogen-bond acceptors (Lipinski definition) is 5. The largest absolute Gasteiger partial charge is 0.389 e. The summed E-state index contributed by atoms with van der Waals surface area (Å²) in [6, 6.07) is 0.720. The predicted octanol–water partition coefficient (Wildman–Crippen LogP) is 0.739. The highest BCUT2D eigenvalue weighted by Crippen LogP contribution is 2.33. The lowest BCUT2D eigenvalue weighted by atomic mass is 10.0. The molecule has 3 aliphatic rings. The van der Waals surface area contributed by atoms with Gasteiger partial charge in [0.2, 0.25) is 0 Å². The topological polar surface area (TPSA) is 59.0 Å². The van der Waals surface area contributed by atoms with Crippen molar-refractivity contribution in [3.05, 3.63) is 0 Å². The zero-order valence-corrected chi connectivity index (χ0v) is 12.0. The van der Waals surface area contributed by atoms with Crippen molar-refractivity contribution in [3.8, 4) is 0 Å². The summed E-state index contributed by atoms with van der Waals surface area (Å²) >= 11 is 0. The van der Waals surface area contributed by atoms with Gasteiger partial charge in [-0.15, -0.1) is 0 Å². The van der Waals surface area contributed by atoms with E-state index in [-0.39, 0.29) is 6.10 Å². The molecular formula is C15H25NO4. The number of fused-ring (bicyclic) bond motifs is 2. The number of carbonyl (C=O) groups is 1. The average Bonchev–Trinajstić information content (AvgIpc) is 2.69. The van der Waals surface area contributed by atoms with Crippen molar-refractivity contribution in [2.45, 2.75) is 62.8 Å². The Labute approximate surface area is 120 Å². The number of piperidine rings is 1. The van der Waals surface area contributed by atoms with Crippen LogP contribution in [-0.4, -0.2) is 66.4 Å². The molecule has 114 valence electrons. The predicted molar refractivity (Wildman–Crippen MR) is 73.6 cm³/mol. The molecule has 0 aromatic rings. The molecule has 0 aromatic heterocycles. The van der Waals surface area contributed by atoms with Gasteiger partial charge in [-0.1, -0.05) is 0 Å². The molecule has 0 spiro atoms. The molecule has 5 heteroatoms. The zero-order valence-electron chi connectivity index (χ0n) is 12.0. The lowest BCUT2D eigenvalue weighted by molar-refractivity contribution is -0.124. The van der Waals surface area contributed by atoms with Crippen molar-refractivity contribution < 1.29 is 19.4 Å². The number of Topliss-reactive ketones (excluding diaryl/α,β-unsaturated/α-hetero) is 1. The molecule has 0 aromatic carbocycles. The highest BCUT2D eigenvalue weighted by atomic mass is 16.5. The average molecular weight is 283 g/mol. The van der Waals surface area contributed by atoms with E-state index in [0.717, 1.165) is 38.9 Å². The molecule has 0 amide bonds. The first-order valence-corrected chi connectivity index (χ1v) is 7.87. The first-order chi connectivity index (χ1) is 9.72. The number of rotatable bonds is 5. The van der Waals surface area contributed by atoms with E-state index in [0.29, 0.717) is 43.9 Å². The highest BCUT2D eigenvalue weighted by molar-refractivity contribution is 5.80. The minimum absolute atomic E-state index is 0.234. The highest BCUT2D eigenvalue weighted by Gasteiger charge is 2.40. The van der Waals surface area contributed by atoms with Gasteiger partial charge in [0.05, 0.1) is 18.8 Å². The lowest BCUT2D eigenvalue weighted by Gasteiger charge is -2.35. The van der Waals surface area contributed by atoms with Crippen molar-refractivity contribution in [1.82, 2.24) is 4.90 Å². The molecule has 5 nitrogen and oxygen atoms in total. The summed E-state index contributed by atoms with van der Waals surface area (Å²) in [4.78, 5) is 13.9. The van der Waals surface area contributed by atoms with Crippen LogP contribution in [-0.2, 0) is 14.3 Å². The number of hydrogen-bond donors (Lipinski definition) is 1. The quantitative estimate of drug-likeness (QED) is 0.806. The van der Waals surface area contributed by atoms with E-state index < -0.39 is 6.10 Å². The fourth-order valence-corrected chi connectivity index (χ4v) is 3.75. The number of carbonyl (C=O) groups excluding carboxylic acids is 1. The van der Waals surface area contributed by atoms with Crippen LogP contribution in [0.2, 0.25) is 0 Å². The third-order valence-corrected chi connectivity index (χ3v) is 4.81. The van der Waals surface area contributed by atoms with Crippen LogP contribution in [0.25, 0.3) is 0 Å². The van der Waals surface area contributed by atoms with Gasteiger partial charge >= 0.3 is 0 Å². The zero-order chi connectivity index (χ0) is 13.9. The minimum atomic E-state index is -0.450. The summed E-state index contributed by atoms with van der Waals surface area (Å²) in [5, 5.41) is 10.2. The van der Waals surface area contributed by atoms with Crippen molar-refractivity contribution in [2.75, 3.05) is 26.4 Å². The fourth-order valence-electron chi connectivity index (χ4n) is 3.75. The monoisotopic (exact) mass is 283 g/mol. The molecule has 3 heterocycles. The second kappa shape index (κ2) is 6.52. The molecule has 0 radical (unpaired) electrons. The van der Waals surface area contributed by atoms with Crippen LogP contribution in [0.15, 0.2) is 0 Å². The van der Waals surface area contributed by atoms with Crippen LogP contribution < -0.4 is 0 Å². The minimum Gasteiger partial charge on any atom is -0.389 e. The van der Waals surface area contributed by atoms with E-state index >= 15 is 0 Å². The molecule has 0 saturated carbocycles. The Balaban J connectivity index is 1.42. The van der Waals surface area contributed by atoms with Gasteiger partial charge in [-0.2, -0.15) is 0 Å². The Morgan fingerprint density at radius 3 is 2.50 bits per heavy atom. The van der Waals surface area contributed by atoms with Gasteiger partial charge in [-0.25, -0.2) is 0 Å². The van der Waals surface area contributed by atoms with E-state index in [1.54, 1.807) is 0 Å². The summed E-state index contributed by atoms with van der Waals surface area (Å²) in [7, 11) is 0. The summed E-state index contributed by atoms with van der Waals surface area (Å²) in [6.45, 7) is 2.57. The Bertz CT molecular complexity index is 327. The molecular weight excluding hydrogens is 258 g/mol. The molecule has 2 bridgehead atoms. The van der Waals surface area contributed by atoms with Crippen LogP contribution in [0.3, 0.4) is 0 Å². The fraction of sp³-hybridized carbons (Fsp3) is 0.933. The number of ketones is 1. The van der Waals surface area contributed by atoms with Gasteiger partial charge in [-0.05, 0) is 25.7 Å². The first-order valence-electron chi connectivity index (χ1n) is 7.87. The smallest absolute Gasteiger partial charge is 0.136 e. The third-order valence-electron chi connectivity index (χ3n) is 4.81. The van der Waals surface area contributed by atoms with Crippen molar-refractivity contribution in [2.24, 2.45) is 0 Å². The van der Waals surface area contributed by atoms with Gasteiger partial charge < -0.3 is 14.6 Å². The van der Waals surface area contributed by atoms with Crippen LogP contribution >= 0.6 is 0 Å². The summed E-state index contributed by atoms with van der Waals surface area (Å²) in [5.74, 6) is 0.390. The third kappa shape index (κ3) is 3.39. The van der Waals surface area contributed by atoms with Crippen molar-refractivity contribution >= 4 is 5.78 Å². The first kappa shape index (κ1) is 14.4. The van der Waals surface area contributed by atoms with Crippen LogP contribution in [0, 0.1) is 0 Å². The van der Waals surface area contributed by atoms with E-state index in [9.17, 15) is 9.90 Å². The normalized spacial score (nSPS) is 33.5. The maximum atomic E-state index is 11.6. The van der Waals surface area contributed by atoms with E-state index in [1.165, 1.54) is 0 Å². The summed E-state index contributed by atoms with van der Waals surface area (Å²) < 4.78 is 11.1. The molecule has 3 unspecified atom stereocenters. The standard InChI is InChI=1S/C15H25NO4/c17-13-7-11-1-2-12(8-13)16(11)9-14(18)10-20-15-3-5-19-6-4-15/h11-12,14-15,18H,1-10H2. The second-order valence-corrected chi connectivity index (χ2v) is 6.33. The number of aliphatic hydroxyl groups is 1. The molecule has 3 saturated heterocycles. The van der Waals surface area contributed by atoms with Crippen molar-refractivity contribution in [3.63, 3.8) is 0 Å². The summed E-state index contributed by atoms with van der Waals surface area (Å²) in [6.07, 6.45) is 5.18.